The van der Waals surface area contributed by atoms with Crippen LogP contribution in [0.15, 0.2) is 17.8 Å². The second kappa shape index (κ2) is 7.91. The van der Waals surface area contributed by atoms with Crippen molar-refractivity contribution in [3.8, 4) is 0 Å². The molecular formula is C18H25N5OS. The molecule has 3 heterocycles. The van der Waals surface area contributed by atoms with Crippen LogP contribution in [0.25, 0.3) is 0 Å². The summed E-state index contributed by atoms with van der Waals surface area (Å²) in [6.45, 7) is 7.81. The Kier molecular flexibility index (Phi) is 5.63. The van der Waals surface area contributed by atoms with Gasteiger partial charge in [-0.3, -0.25) is 0 Å². The third-order valence-electron chi connectivity index (χ3n) is 4.46. The normalized spacial score (nSPS) is 17.8. The van der Waals surface area contributed by atoms with Crippen molar-refractivity contribution >= 4 is 23.1 Å². The molecule has 0 radical (unpaired) electrons. The number of thiazole rings is 1. The molecule has 1 unspecified atom stereocenters. The molecule has 0 aliphatic carbocycles. The number of aryl methyl sites for hydroxylation is 1. The van der Waals surface area contributed by atoms with Gasteiger partial charge in [0.05, 0.1) is 28.8 Å². The van der Waals surface area contributed by atoms with E-state index >= 15 is 0 Å². The van der Waals surface area contributed by atoms with Gasteiger partial charge in [0, 0.05) is 30.8 Å². The number of hydrogen-bond acceptors (Lipinski definition) is 5. The lowest BCUT2D eigenvalue weighted by molar-refractivity contribution is 0.192. The van der Waals surface area contributed by atoms with Gasteiger partial charge in [-0.05, 0) is 18.8 Å². The zero-order valence-corrected chi connectivity index (χ0v) is 15.8. The first-order chi connectivity index (χ1) is 12.1. The minimum Gasteiger partial charge on any atom is -0.324 e. The molecule has 1 aliphatic heterocycles. The molecular weight excluding hydrogens is 334 g/mol. The second-order valence-corrected chi connectivity index (χ2v) is 7.61. The van der Waals surface area contributed by atoms with Gasteiger partial charge >= 0.3 is 6.03 Å². The molecule has 2 amide bonds. The predicted molar refractivity (Wildman–Crippen MR) is 100 cm³/mol. The minimum absolute atomic E-state index is 0.0850. The van der Waals surface area contributed by atoms with E-state index in [2.05, 4.69) is 34.5 Å². The van der Waals surface area contributed by atoms with Crippen LogP contribution in [-0.4, -0.2) is 39.0 Å². The Hall–Kier alpha value is -2.02. The number of piperidine rings is 1. The number of carbonyl (C=O) groups excluding carboxylic acids is 1. The van der Waals surface area contributed by atoms with E-state index < -0.39 is 0 Å². The van der Waals surface area contributed by atoms with Crippen molar-refractivity contribution in [2.45, 2.75) is 51.9 Å². The molecule has 6 nitrogen and oxygen atoms in total. The van der Waals surface area contributed by atoms with Crippen LogP contribution in [0, 0.1) is 0 Å². The molecule has 1 atom stereocenters. The van der Waals surface area contributed by atoms with Gasteiger partial charge in [-0.2, -0.15) is 0 Å². The van der Waals surface area contributed by atoms with Crippen LogP contribution < -0.4 is 5.32 Å². The molecule has 1 fully saturated rings. The topological polar surface area (TPSA) is 71.0 Å². The van der Waals surface area contributed by atoms with E-state index in [1.807, 2.05) is 11.8 Å². The van der Waals surface area contributed by atoms with Gasteiger partial charge in [-0.25, -0.2) is 19.7 Å². The Morgan fingerprint density at radius 1 is 1.40 bits per heavy atom. The van der Waals surface area contributed by atoms with E-state index in [1.54, 1.807) is 23.7 Å². The number of carbonyl (C=O) groups is 1. The number of urea groups is 1. The molecule has 0 saturated carbocycles. The first-order valence-corrected chi connectivity index (χ1v) is 9.77. The lowest BCUT2D eigenvalue weighted by Crippen LogP contribution is -2.41. The Morgan fingerprint density at radius 3 is 2.80 bits per heavy atom. The average Bonchev–Trinajstić information content (AvgIpc) is 3.13. The summed E-state index contributed by atoms with van der Waals surface area (Å²) in [5, 5.41) is 6.20. The molecule has 134 valence electrons. The SMILES string of the molecule is CCc1ncc(NC(=O)N2CCCC(c3nc(C(C)C)cs3)C2)cn1. The summed E-state index contributed by atoms with van der Waals surface area (Å²) in [6.07, 6.45) is 6.21. The quantitative estimate of drug-likeness (QED) is 0.894. The Bertz CT molecular complexity index is 713. The highest BCUT2D eigenvalue weighted by molar-refractivity contribution is 7.09. The molecule has 2 aromatic rings. The summed E-state index contributed by atoms with van der Waals surface area (Å²) in [5.41, 5.74) is 1.79. The van der Waals surface area contributed by atoms with E-state index in [4.69, 9.17) is 4.98 Å². The third-order valence-corrected chi connectivity index (χ3v) is 5.49. The van der Waals surface area contributed by atoms with Crippen LogP contribution in [0.5, 0.6) is 0 Å². The van der Waals surface area contributed by atoms with Crippen LogP contribution in [-0.2, 0) is 6.42 Å². The molecule has 0 aromatic carbocycles. The summed E-state index contributed by atoms with van der Waals surface area (Å²) in [5.74, 6) is 1.55. The highest BCUT2D eigenvalue weighted by atomic mass is 32.1. The van der Waals surface area contributed by atoms with E-state index in [1.165, 1.54) is 0 Å². The summed E-state index contributed by atoms with van der Waals surface area (Å²) in [6, 6.07) is -0.0850. The van der Waals surface area contributed by atoms with Crippen molar-refractivity contribution in [3.63, 3.8) is 0 Å². The number of anilines is 1. The number of nitrogens with zero attached hydrogens (tertiary/aromatic N) is 4. The molecule has 7 heteroatoms. The van der Waals surface area contributed by atoms with Crippen LogP contribution in [0.4, 0.5) is 10.5 Å². The predicted octanol–water partition coefficient (Wildman–Crippen LogP) is 4.03. The summed E-state index contributed by atoms with van der Waals surface area (Å²) >= 11 is 1.72. The lowest BCUT2D eigenvalue weighted by Gasteiger charge is -2.31. The van der Waals surface area contributed by atoms with Gasteiger partial charge in [-0.1, -0.05) is 20.8 Å². The van der Waals surface area contributed by atoms with Crippen LogP contribution in [0.2, 0.25) is 0 Å². The van der Waals surface area contributed by atoms with Crippen molar-refractivity contribution in [2.75, 3.05) is 18.4 Å². The second-order valence-electron chi connectivity index (χ2n) is 6.72. The number of rotatable bonds is 4. The zero-order chi connectivity index (χ0) is 17.8. The van der Waals surface area contributed by atoms with Crippen LogP contribution in [0.3, 0.4) is 0 Å². The van der Waals surface area contributed by atoms with Gasteiger partial charge in [-0.15, -0.1) is 11.3 Å². The van der Waals surface area contributed by atoms with Crippen LogP contribution in [0.1, 0.15) is 62.0 Å². The van der Waals surface area contributed by atoms with Crippen molar-refractivity contribution in [1.82, 2.24) is 19.9 Å². The van der Waals surface area contributed by atoms with Gasteiger partial charge in [0.15, 0.2) is 0 Å². The fraction of sp³-hybridized carbons (Fsp3) is 0.556. The Morgan fingerprint density at radius 2 is 2.16 bits per heavy atom. The van der Waals surface area contributed by atoms with Crippen molar-refractivity contribution in [2.24, 2.45) is 0 Å². The smallest absolute Gasteiger partial charge is 0.321 e. The van der Waals surface area contributed by atoms with Crippen molar-refractivity contribution in [3.05, 3.63) is 34.3 Å². The molecule has 3 rings (SSSR count). The fourth-order valence-electron chi connectivity index (χ4n) is 2.92. The average molecular weight is 359 g/mol. The highest BCUT2D eigenvalue weighted by Gasteiger charge is 2.27. The largest absolute Gasteiger partial charge is 0.324 e. The molecule has 0 spiro atoms. The maximum Gasteiger partial charge on any atom is 0.321 e. The molecule has 0 bridgehead atoms. The fourth-order valence-corrected chi connectivity index (χ4v) is 4.03. The van der Waals surface area contributed by atoms with Gasteiger partial charge in [0.1, 0.15) is 5.82 Å². The molecule has 1 saturated heterocycles. The summed E-state index contributed by atoms with van der Waals surface area (Å²) in [7, 11) is 0. The Labute approximate surface area is 152 Å². The summed E-state index contributed by atoms with van der Waals surface area (Å²) < 4.78 is 0. The van der Waals surface area contributed by atoms with E-state index in [0.717, 1.165) is 42.3 Å². The number of hydrogen-bond donors (Lipinski definition) is 1. The zero-order valence-electron chi connectivity index (χ0n) is 15.0. The highest BCUT2D eigenvalue weighted by Crippen LogP contribution is 2.31. The minimum atomic E-state index is -0.0850. The van der Waals surface area contributed by atoms with E-state index in [9.17, 15) is 4.79 Å². The maximum absolute atomic E-state index is 12.6. The van der Waals surface area contributed by atoms with Gasteiger partial charge in [0.2, 0.25) is 0 Å². The molecule has 25 heavy (non-hydrogen) atoms. The molecule has 1 aliphatic rings. The summed E-state index contributed by atoms with van der Waals surface area (Å²) in [4.78, 5) is 27.6. The maximum atomic E-state index is 12.6. The van der Waals surface area contributed by atoms with Crippen molar-refractivity contribution in [1.29, 1.82) is 0 Å². The third kappa shape index (κ3) is 4.34. The molecule has 2 aromatic heterocycles. The standard InChI is InChI=1S/C18H25N5OS/c1-4-16-19-8-14(9-20-16)21-18(24)23-7-5-6-13(10-23)17-22-15(11-25-17)12(2)3/h8-9,11-13H,4-7,10H2,1-3H3,(H,21,24). The number of likely N-dealkylation sites (tertiary alicyclic amines) is 1. The number of amides is 2. The van der Waals surface area contributed by atoms with E-state index in [-0.39, 0.29) is 6.03 Å². The van der Waals surface area contributed by atoms with Crippen molar-refractivity contribution < 1.29 is 4.79 Å². The first-order valence-electron chi connectivity index (χ1n) is 8.89. The molecule has 1 N–H and O–H groups in total. The monoisotopic (exact) mass is 359 g/mol. The lowest BCUT2D eigenvalue weighted by atomic mass is 9.99. The Balaban J connectivity index is 1.62. The first kappa shape index (κ1) is 17.8. The van der Waals surface area contributed by atoms with Gasteiger partial charge < -0.3 is 10.2 Å². The van der Waals surface area contributed by atoms with E-state index in [0.29, 0.717) is 24.1 Å². The number of aromatic nitrogens is 3. The number of nitrogens with one attached hydrogen (secondary N) is 1. The van der Waals surface area contributed by atoms with Gasteiger partial charge in [0.25, 0.3) is 0 Å². The van der Waals surface area contributed by atoms with Crippen LogP contribution >= 0.6 is 11.3 Å².